The zero-order chi connectivity index (χ0) is 25.7. The van der Waals surface area contributed by atoms with E-state index < -0.39 is 0 Å². The number of nitrogens with zero attached hydrogens (tertiary/aromatic N) is 3. The lowest BCUT2D eigenvalue weighted by Gasteiger charge is -2.25. The molecule has 1 atom stereocenters. The topological polar surface area (TPSA) is 79.3 Å². The number of nitrogens with one attached hydrogen (secondary N) is 2. The van der Waals surface area contributed by atoms with Crippen molar-refractivity contribution in [2.24, 2.45) is 0 Å². The zero-order valence-corrected chi connectivity index (χ0v) is 21.0. The average Bonchev–Trinajstić information content (AvgIpc) is 3.17. The van der Waals surface area contributed by atoms with Crippen LogP contribution in [0, 0.1) is 13.8 Å². The molecule has 2 N–H and O–H groups in total. The molecule has 0 bridgehead atoms. The Kier molecular flexibility index (Phi) is 7.61. The van der Waals surface area contributed by atoms with Crippen molar-refractivity contribution in [2.45, 2.75) is 26.8 Å². The number of anilines is 2. The van der Waals surface area contributed by atoms with Gasteiger partial charge in [0.15, 0.2) is 0 Å². The fourth-order valence-electron chi connectivity index (χ4n) is 4.11. The van der Waals surface area contributed by atoms with E-state index in [1.54, 1.807) is 12.1 Å². The molecular weight excluding hydrogens is 450 g/mol. The molecule has 36 heavy (non-hydrogen) atoms. The minimum Gasteiger partial charge on any atom is -0.322 e. The van der Waals surface area contributed by atoms with Crippen LogP contribution in [-0.4, -0.2) is 40.1 Å². The Balaban J connectivity index is 1.40. The van der Waals surface area contributed by atoms with Crippen LogP contribution in [0.25, 0.3) is 5.69 Å². The van der Waals surface area contributed by atoms with Crippen molar-refractivity contribution >= 4 is 23.2 Å². The van der Waals surface area contributed by atoms with E-state index in [1.165, 1.54) is 0 Å². The van der Waals surface area contributed by atoms with Crippen LogP contribution in [0.15, 0.2) is 84.9 Å². The van der Waals surface area contributed by atoms with E-state index in [0.717, 1.165) is 28.3 Å². The van der Waals surface area contributed by atoms with Crippen molar-refractivity contribution in [2.75, 3.05) is 24.2 Å². The summed E-state index contributed by atoms with van der Waals surface area (Å²) < 4.78 is 1.84. The number of hydrogen-bond donors (Lipinski definition) is 2. The molecule has 0 radical (unpaired) electrons. The first-order valence-electron chi connectivity index (χ1n) is 11.9. The summed E-state index contributed by atoms with van der Waals surface area (Å²) >= 11 is 0. The Morgan fingerprint density at radius 3 is 2.28 bits per heavy atom. The molecule has 1 heterocycles. The highest BCUT2D eigenvalue weighted by Gasteiger charge is 2.19. The van der Waals surface area contributed by atoms with E-state index >= 15 is 0 Å². The van der Waals surface area contributed by atoms with Crippen molar-refractivity contribution in [1.29, 1.82) is 0 Å². The van der Waals surface area contributed by atoms with Crippen molar-refractivity contribution in [3.8, 4) is 5.69 Å². The lowest BCUT2D eigenvalue weighted by molar-refractivity contribution is -0.117. The van der Waals surface area contributed by atoms with Crippen molar-refractivity contribution in [3.63, 3.8) is 0 Å². The summed E-state index contributed by atoms with van der Waals surface area (Å²) in [5, 5.41) is 10.6. The molecule has 4 aromatic rings. The van der Waals surface area contributed by atoms with E-state index in [9.17, 15) is 9.59 Å². The second-order valence-electron chi connectivity index (χ2n) is 8.88. The number of likely N-dealkylation sites (N-methyl/N-ethyl adjacent to an activating group) is 1. The van der Waals surface area contributed by atoms with Gasteiger partial charge in [-0.15, -0.1) is 0 Å². The van der Waals surface area contributed by atoms with Crippen LogP contribution >= 0.6 is 0 Å². The molecule has 0 saturated heterocycles. The third kappa shape index (κ3) is 5.70. The van der Waals surface area contributed by atoms with Crippen LogP contribution in [0.1, 0.15) is 40.3 Å². The summed E-state index contributed by atoms with van der Waals surface area (Å²) in [6.07, 6.45) is 0. The van der Waals surface area contributed by atoms with Gasteiger partial charge in [0, 0.05) is 17.3 Å². The van der Waals surface area contributed by atoms with Crippen molar-refractivity contribution < 1.29 is 9.59 Å². The number of benzene rings is 3. The Morgan fingerprint density at radius 1 is 0.917 bits per heavy atom. The van der Waals surface area contributed by atoms with Crippen LogP contribution in [0.5, 0.6) is 0 Å². The SMILES string of the molecule is Cc1nn(-c2ccccc2)c(C)c1NC(=O)CN(C)C(C)c1cccc(NC(=O)c2ccccc2)c1. The van der Waals surface area contributed by atoms with Gasteiger partial charge in [0.2, 0.25) is 5.91 Å². The molecule has 0 aliphatic rings. The third-order valence-electron chi connectivity index (χ3n) is 6.27. The van der Waals surface area contributed by atoms with Crippen LogP contribution in [0.3, 0.4) is 0 Å². The van der Waals surface area contributed by atoms with Crippen molar-refractivity contribution in [3.05, 3.63) is 107 Å². The zero-order valence-electron chi connectivity index (χ0n) is 21.0. The summed E-state index contributed by atoms with van der Waals surface area (Å²) in [5.41, 5.74) is 5.64. The summed E-state index contributed by atoms with van der Waals surface area (Å²) in [7, 11) is 1.91. The number of para-hydroxylation sites is 1. The summed E-state index contributed by atoms with van der Waals surface area (Å²) in [4.78, 5) is 27.4. The number of aryl methyl sites for hydroxylation is 1. The maximum Gasteiger partial charge on any atom is 0.255 e. The second kappa shape index (κ2) is 11.0. The molecule has 0 spiro atoms. The molecule has 2 amide bonds. The molecule has 0 aliphatic carbocycles. The molecule has 184 valence electrons. The minimum atomic E-state index is -0.157. The van der Waals surface area contributed by atoms with E-state index in [0.29, 0.717) is 11.3 Å². The Morgan fingerprint density at radius 2 is 1.58 bits per heavy atom. The van der Waals surface area contributed by atoms with Crippen LogP contribution in [0.4, 0.5) is 11.4 Å². The monoisotopic (exact) mass is 481 g/mol. The molecule has 1 unspecified atom stereocenters. The first-order valence-corrected chi connectivity index (χ1v) is 11.9. The normalized spacial score (nSPS) is 11.8. The molecule has 0 aliphatic heterocycles. The largest absolute Gasteiger partial charge is 0.322 e. The van der Waals surface area contributed by atoms with E-state index in [4.69, 9.17) is 0 Å². The number of hydrogen-bond acceptors (Lipinski definition) is 4. The van der Waals surface area contributed by atoms with Gasteiger partial charge in [-0.3, -0.25) is 14.5 Å². The molecule has 1 aromatic heterocycles. The second-order valence-corrected chi connectivity index (χ2v) is 8.88. The number of carbonyl (C=O) groups excluding carboxylic acids is 2. The fourth-order valence-corrected chi connectivity index (χ4v) is 4.11. The van der Waals surface area contributed by atoms with Gasteiger partial charge in [0.25, 0.3) is 5.91 Å². The van der Waals surface area contributed by atoms with Gasteiger partial charge < -0.3 is 10.6 Å². The summed E-state index contributed by atoms with van der Waals surface area (Å²) in [6.45, 7) is 6.08. The smallest absolute Gasteiger partial charge is 0.255 e. The Labute approximate surface area is 211 Å². The fraction of sp³-hybridized carbons (Fsp3) is 0.207. The first-order chi connectivity index (χ1) is 17.3. The van der Waals surface area contributed by atoms with Gasteiger partial charge in [-0.2, -0.15) is 5.10 Å². The van der Waals surface area contributed by atoms with Crippen molar-refractivity contribution in [1.82, 2.24) is 14.7 Å². The molecular formula is C29H31N5O2. The van der Waals surface area contributed by atoms with Gasteiger partial charge in [0.1, 0.15) is 0 Å². The molecule has 4 rings (SSSR count). The average molecular weight is 482 g/mol. The highest BCUT2D eigenvalue weighted by atomic mass is 16.2. The highest BCUT2D eigenvalue weighted by molar-refractivity contribution is 6.04. The van der Waals surface area contributed by atoms with Gasteiger partial charge in [-0.1, -0.05) is 48.5 Å². The highest BCUT2D eigenvalue weighted by Crippen LogP contribution is 2.24. The predicted molar refractivity (Wildman–Crippen MR) is 144 cm³/mol. The number of aromatic nitrogens is 2. The number of amides is 2. The summed E-state index contributed by atoms with van der Waals surface area (Å²) in [5.74, 6) is -0.272. The third-order valence-corrected chi connectivity index (χ3v) is 6.27. The maximum atomic E-state index is 12.9. The number of carbonyl (C=O) groups is 2. The molecule has 3 aromatic carbocycles. The standard InChI is InChI=1S/C29H31N5O2/c1-20-28(22(3)34(32-20)26-16-9-6-10-17-26)31-27(35)19-33(4)21(2)24-14-11-15-25(18-24)30-29(36)23-12-7-5-8-13-23/h5-18,21H,19H2,1-4H3,(H,30,36)(H,31,35). The van der Waals surface area contributed by atoms with Crippen LogP contribution in [-0.2, 0) is 4.79 Å². The van der Waals surface area contributed by atoms with Crippen LogP contribution < -0.4 is 10.6 Å². The van der Waals surface area contributed by atoms with Gasteiger partial charge in [-0.05, 0) is 69.8 Å². The lowest BCUT2D eigenvalue weighted by Crippen LogP contribution is -2.32. The first kappa shape index (κ1) is 24.9. The van der Waals surface area contributed by atoms with Crippen LogP contribution in [0.2, 0.25) is 0 Å². The Hall–Kier alpha value is -4.23. The van der Waals surface area contributed by atoms with E-state index in [2.05, 4.69) is 15.7 Å². The quantitative estimate of drug-likeness (QED) is 0.354. The van der Waals surface area contributed by atoms with E-state index in [1.807, 2.05) is 110 Å². The predicted octanol–water partition coefficient (Wildman–Crippen LogP) is 5.37. The molecule has 7 nitrogen and oxygen atoms in total. The lowest BCUT2D eigenvalue weighted by atomic mass is 10.1. The molecule has 0 saturated carbocycles. The van der Waals surface area contributed by atoms with E-state index in [-0.39, 0.29) is 24.4 Å². The summed E-state index contributed by atoms with van der Waals surface area (Å²) in [6, 6.07) is 26.6. The van der Waals surface area contributed by atoms with Gasteiger partial charge in [0.05, 0.1) is 29.3 Å². The van der Waals surface area contributed by atoms with Gasteiger partial charge >= 0.3 is 0 Å². The maximum absolute atomic E-state index is 12.9. The van der Waals surface area contributed by atoms with Gasteiger partial charge in [-0.25, -0.2) is 4.68 Å². The molecule has 7 heteroatoms. The Bertz CT molecular complexity index is 1350. The minimum absolute atomic E-state index is 0.0430. The number of rotatable bonds is 8. The molecule has 0 fully saturated rings.